The fourth-order valence-corrected chi connectivity index (χ4v) is 2.62. The van der Waals surface area contributed by atoms with Crippen molar-refractivity contribution in [3.63, 3.8) is 0 Å². The van der Waals surface area contributed by atoms with Gasteiger partial charge in [0.1, 0.15) is 0 Å². The SMILES string of the molecule is O=NN1CCC2(CC1)COC(CC(=O)O)C2. The Kier molecular flexibility index (Phi) is 3.09. The summed E-state index contributed by atoms with van der Waals surface area (Å²) in [5.41, 5.74) is 0.0846. The fourth-order valence-electron chi connectivity index (χ4n) is 2.62. The van der Waals surface area contributed by atoms with E-state index in [1.165, 1.54) is 5.01 Å². The molecule has 2 aliphatic rings. The molecule has 6 heteroatoms. The normalized spacial score (nSPS) is 28.2. The molecule has 1 N–H and O–H groups in total. The molecule has 0 aromatic carbocycles. The summed E-state index contributed by atoms with van der Waals surface area (Å²) in [7, 11) is 0. The van der Waals surface area contributed by atoms with Crippen LogP contribution in [0.25, 0.3) is 0 Å². The van der Waals surface area contributed by atoms with Gasteiger partial charge in [0.2, 0.25) is 0 Å². The molecular weight excluding hydrogens is 212 g/mol. The van der Waals surface area contributed by atoms with Gasteiger partial charge in [-0.3, -0.25) is 9.80 Å². The summed E-state index contributed by atoms with van der Waals surface area (Å²) in [4.78, 5) is 20.9. The third-order valence-electron chi connectivity index (χ3n) is 3.60. The molecule has 0 saturated carbocycles. The monoisotopic (exact) mass is 228 g/mol. The Labute approximate surface area is 93.5 Å². The number of ether oxygens (including phenoxy) is 1. The number of nitrogens with zero attached hydrogens (tertiary/aromatic N) is 2. The quantitative estimate of drug-likeness (QED) is 0.729. The minimum atomic E-state index is -0.811. The molecule has 2 rings (SSSR count). The van der Waals surface area contributed by atoms with Gasteiger partial charge in [-0.2, -0.15) is 0 Å². The number of carbonyl (C=O) groups is 1. The van der Waals surface area contributed by atoms with E-state index in [-0.39, 0.29) is 17.9 Å². The van der Waals surface area contributed by atoms with Crippen molar-refractivity contribution in [3.05, 3.63) is 4.91 Å². The van der Waals surface area contributed by atoms with Crippen LogP contribution < -0.4 is 0 Å². The van der Waals surface area contributed by atoms with Crippen molar-refractivity contribution in [2.24, 2.45) is 10.7 Å². The molecule has 90 valence electrons. The average Bonchev–Trinajstić information content (AvgIpc) is 2.62. The van der Waals surface area contributed by atoms with E-state index in [1.54, 1.807) is 0 Å². The molecule has 0 radical (unpaired) electrons. The molecule has 1 spiro atoms. The maximum Gasteiger partial charge on any atom is 0.305 e. The number of hydrogen-bond acceptors (Lipinski definition) is 4. The lowest BCUT2D eigenvalue weighted by atomic mass is 9.77. The third kappa shape index (κ3) is 2.32. The highest BCUT2D eigenvalue weighted by molar-refractivity contribution is 5.67. The zero-order valence-corrected chi connectivity index (χ0v) is 9.09. The molecule has 16 heavy (non-hydrogen) atoms. The summed E-state index contributed by atoms with van der Waals surface area (Å²) in [6.45, 7) is 1.94. The van der Waals surface area contributed by atoms with Crippen LogP contribution in [0.4, 0.5) is 0 Å². The maximum atomic E-state index is 10.6. The van der Waals surface area contributed by atoms with Gasteiger partial charge < -0.3 is 9.84 Å². The molecule has 2 saturated heterocycles. The van der Waals surface area contributed by atoms with Crippen molar-refractivity contribution in [3.8, 4) is 0 Å². The van der Waals surface area contributed by atoms with Gasteiger partial charge in [-0.1, -0.05) is 0 Å². The number of piperidine rings is 1. The predicted octanol–water partition coefficient (Wildman–Crippen LogP) is 1.01. The van der Waals surface area contributed by atoms with Crippen molar-refractivity contribution in [1.82, 2.24) is 5.01 Å². The Morgan fingerprint density at radius 3 is 2.75 bits per heavy atom. The summed E-state index contributed by atoms with van der Waals surface area (Å²) in [5, 5.41) is 13.1. The number of nitroso groups, excluding NO2 is 1. The first-order chi connectivity index (χ1) is 7.63. The Hall–Kier alpha value is -1.17. The van der Waals surface area contributed by atoms with Crippen molar-refractivity contribution in [2.45, 2.75) is 31.8 Å². The van der Waals surface area contributed by atoms with Crippen LogP contribution in [0.1, 0.15) is 25.7 Å². The minimum Gasteiger partial charge on any atom is -0.481 e. The summed E-state index contributed by atoms with van der Waals surface area (Å²) in [6, 6.07) is 0. The molecule has 0 bridgehead atoms. The smallest absolute Gasteiger partial charge is 0.305 e. The summed E-state index contributed by atoms with van der Waals surface area (Å²) >= 11 is 0. The summed E-state index contributed by atoms with van der Waals surface area (Å²) in [5.74, 6) is -0.811. The van der Waals surface area contributed by atoms with Crippen LogP contribution in [0.15, 0.2) is 5.29 Å². The molecule has 2 fully saturated rings. The van der Waals surface area contributed by atoms with Crippen LogP contribution in [-0.4, -0.2) is 41.9 Å². The summed E-state index contributed by atoms with van der Waals surface area (Å²) in [6.07, 6.45) is 2.46. The lowest BCUT2D eigenvalue weighted by Gasteiger charge is -2.35. The van der Waals surface area contributed by atoms with E-state index in [0.29, 0.717) is 19.7 Å². The molecule has 2 heterocycles. The van der Waals surface area contributed by atoms with Crippen LogP contribution in [0, 0.1) is 10.3 Å². The lowest BCUT2D eigenvalue weighted by Crippen LogP contribution is -2.37. The molecule has 1 unspecified atom stereocenters. The highest BCUT2D eigenvalue weighted by atomic mass is 16.5. The first-order valence-corrected chi connectivity index (χ1v) is 5.55. The lowest BCUT2D eigenvalue weighted by molar-refractivity contribution is -0.139. The van der Waals surface area contributed by atoms with Gasteiger partial charge in [-0.15, -0.1) is 4.91 Å². The molecule has 6 nitrogen and oxygen atoms in total. The highest BCUT2D eigenvalue weighted by Gasteiger charge is 2.42. The second-order valence-corrected chi connectivity index (χ2v) is 4.77. The number of carboxylic acids is 1. The van der Waals surface area contributed by atoms with Gasteiger partial charge in [0.25, 0.3) is 0 Å². The van der Waals surface area contributed by atoms with E-state index in [0.717, 1.165) is 19.3 Å². The van der Waals surface area contributed by atoms with Crippen molar-refractivity contribution in [2.75, 3.05) is 19.7 Å². The molecular formula is C10H16N2O4. The van der Waals surface area contributed by atoms with Crippen LogP contribution >= 0.6 is 0 Å². The molecule has 0 aromatic rings. The molecule has 1 atom stereocenters. The predicted molar refractivity (Wildman–Crippen MR) is 55.6 cm³/mol. The third-order valence-corrected chi connectivity index (χ3v) is 3.60. The number of carboxylic acid groups (broad SMARTS) is 1. The van der Waals surface area contributed by atoms with E-state index in [4.69, 9.17) is 9.84 Å². The van der Waals surface area contributed by atoms with Crippen molar-refractivity contribution >= 4 is 5.97 Å². The molecule has 0 aromatic heterocycles. The Morgan fingerprint density at radius 2 is 2.19 bits per heavy atom. The van der Waals surface area contributed by atoms with E-state index in [9.17, 15) is 9.70 Å². The van der Waals surface area contributed by atoms with Gasteiger partial charge in [0.05, 0.1) is 24.4 Å². The zero-order valence-electron chi connectivity index (χ0n) is 9.09. The second-order valence-electron chi connectivity index (χ2n) is 4.77. The topological polar surface area (TPSA) is 79.2 Å². The van der Waals surface area contributed by atoms with Gasteiger partial charge in [0.15, 0.2) is 0 Å². The van der Waals surface area contributed by atoms with Gasteiger partial charge in [-0.25, -0.2) is 0 Å². The molecule has 0 amide bonds. The average molecular weight is 228 g/mol. The first kappa shape index (κ1) is 11.3. The largest absolute Gasteiger partial charge is 0.481 e. The minimum absolute atomic E-state index is 0.0807. The summed E-state index contributed by atoms with van der Waals surface area (Å²) < 4.78 is 5.52. The Morgan fingerprint density at radius 1 is 1.50 bits per heavy atom. The van der Waals surface area contributed by atoms with E-state index >= 15 is 0 Å². The number of hydrogen-bond donors (Lipinski definition) is 1. The Bertz CT molecular complexity index is 287. The van der Waals surface area contributed by atoms with E-state index < -0.39 is 5.97 Å². The van der Waals surface area contributed by atoms with Crippen LogP contribution in [0.5, 0.6) is 0 Å². The fraction of sp³-hybridized carbons (Fsp3) is 0.900. The van der Waals surface area contributed by atoms with E-state index in [2.05, 4.69) is 5.29 Å². The maximum absolute atomic E-state index is 10.6. The van der Waals surface area contributed by atoms with Crippen molar-refractivity contribution in [1.29, 1.82) is 0 Å². The van der Waals surface area contributed by atoms with Crippen LogP contribution in [-0.2, 0) is 9.53 Å². The van der Waals surface area contributed by atoms with E-state index in [1.807, 2.05) is 0 Å². The standard InChI is InChI=1S/C10H16N2O4/c13-9(14)5-8-6-10(7-16-8)1-3-12(11-15)4-2-10/h8H,1-7H2,(H,13,14). The van der Waals surface area contributed by atoms with Crippen LogP contribution in [0.3, 0.4) is 0 Å². The molecule has 0 aliphatic carbocycles. The van der Waals surface area contributed by atoms with Gasteiger partial charge in [0, 0.05) is 13.1 Å². The Balaban J connectivity index is 1.87. The van der Waals surface area contributed by atoms with Gasteiger partial charge in [-0.05, 0) is 24.7 Å². The first-order valence-electron chi connectivity index (χ1n) is 5.55. The number of rotatable bonds is 3. The molecule has 2 aliphatic heterocycles. The second kappa shape index (κ2) is 4.37. The highest BCUT2D eigenvalue weighted by Crippen LogP contribution is 2.42. The van der Waals surface area contributed by atoms with Crippen molar-refractivity contribution < 1.29 is 14.6 Å². The number of aliphatic carboxylic acids is 1. The van der Waals surface area contributed by atoms with Crippen LogP contribution in [0.2, 0.25) is 0 Å². The van der Waals surface area contributed by atoms with Gasteiger partial charge >= 0.3 is 5.97 Å². The zero-order chi connectivity index (χ0) is 11.6.